The molecule has 0 atom stereocenters. The molecule has 0 aliphatic carbocycles. The number of unbranched alkanes of at least 4 members (excludes halogenated alkanes) is 13. The maximum absolute atomic E-state index is 6.35. The Bertz CT molecular complexity index is 513. The molecule has 0 radical (unpaired) electrons. The zero-order valence-corrected chi connectivity index (χ0v) is 20.3. The number of hydrogen-bond acceptors (Lipinski definition) is 0. The summed E-state index contributed by atoms with van der Waals surface area (Å²) in [6.45, 7) is 4.43. The van der Waals surface area contributed by atoms with Crippen LogP contribution in [0.3, 0.4) is 0 Å². The highest BCUT2D eigenvalue weighted by atomic mass is 35.5. The van der Waals surface area contributed by atoms with Crippen molar-refractivity contribution in [2.45, 2.75) is 103 Å². The van der Waals surface area contributed by atoms with E-state index in [0.717, 1.165) is 21.6 Å². The van der Waals surface area contributed by atoms with E-state index in [1.54, 1.807) is 0 Å². The van der Waals surface area contributed by atoms with Gasteiger partial charge in [0.15, 0.2) is 0 Å². The normalized spacial score (nSPS) is 11.9. The lowest BCUT2D eigenvalue weighted by molar-refractivity contribution is -0.903. The maximum atomic E-state index is 6.35. The van der Waals surface area contributed by atoms with Gasteiger partial charge < -0.3 is 4.48 Å². The monoisotopic (exact) mass is 428 g/mol. The fourth-order valence-electron chi connectivity index (χ4n) is 3.95. The lowest BCUT2D eigenvalue weighted by Gasteiger charge is -2.30. The fraction of sp³-hybridized carbons (Fsp3) is 0.760. The SMILES string of the molecule is CCCCCCCCCCCCCCCC[N+](C)(C)Cc1cccc(Cl)c1Cl. The van der Waals surface area contributed by atoms with Gasteiger partial charge in [-0.2, -0.15) is 0 Å². The van der Waals surface area contributed by atoms with Gasteiger partial charge in [-0.3, -0.25) is 0 Å². The average molecular weight is 430 g/mol. The Morgan fingerprint density at radius 1 is 0.679 bits per heavy atom. The molecule has 0 spiro atoms. The average Bonchev–Trinajstić information content (AvgIpc) is 2.65. The lowest BCUT2D eigenvalue weighted by atomic mass is 10.0. The summed E-state index contributed by atoms with van der Waals surface area (Å²) in [4.78, 5) is 0. The van der Waals surface area contributed by atoms with Crippen LogP contribution in [-0.2, 0) is 6.54 Å². The molecule has 28 heavy (non-hydrogen) atoms. The van der Waals surface area contributed by atoms with Crippen molar-refractivity contribution in [2.24, 2.45) is 0 Å². The summed E-state index contributed by atoms with van der Waals surface area (Å²) in [7, 11) is 4.58. The number of nitrogens with zero attached hydrogens (tertiary/aromatic N) is 1. The van der Waals surface area contributed by atoms with Crippen LogP contribution < -0.4 is 0 Å². The number of rotatable bonds is 17. The van der Waals surface area contributed by atoms with Gasteiger partial charge in [-0.15, -0.1) is 0 Å². The van der Waals surface area contributed by atoms with E-state index < -0.39 is 0 Å². The standard InChI is InChI=1S/C25H44Cl2N/c1-4-5-6-7-8-9-10-11-12-13-14-15-16-17-21-28(2,3)22-23-19-18-20-24(26)25(23)27/h18-20H,4-17,21-22H2,1-3H3/q+1. The molecule has 0 N–H and O–H groups in total. The van der Waals surface area contributed by atoms with Gasteiger partial charge in [0, 0.05) is 5.56 Å². The molecule has 0 fully saturated rings. The van der Waals surface area contributed by atoms with Gasteiger partial charge in [0.25, 0.3) is 0 Å². The molecule has 0 amide bonds. The van der Waals surface area contributed by atoms with Crippen LogP contribution in [0.15, 0.2) is 18.2 Å². The molecule has 0 aromatic heterocycles. The van der Waals surface area contributed by atoms with E-state index in [0.29, 0.717) is 5.02 Å². The molecular weight excluding hydrogens is 385 g/mol. The highest BCUT2D eigenvalue weighted by Crippen LogP contribution is 2.27. The zero-order chi connectivity index (χ0) is 20.7. The summed E-state index contributed by atoms with van der Waals surface area (Å²) in [6.07, 6.45) is 19.8. The summed E-state index contributed by atoms with van der Waals surface area (Å²) in [5.74, 6) is 0. The van der Waals surface area contributed by atoms with Crippen LogP contribution in [0.4, 0.5) is 0 Å². The summed E-state index contributed by atoms with van der Waals surface area (Å²) in [5.41, 5.74) is 1.16. The largest absolute Gasteiger partial charge is 0.325 e. The molecule has 0 unspecified atom stereocenters. The number of quaternary nitrogens is 1. The molecule has 0 bridgehead atoms. The van der Waals surface area contributed by atoms with Crippen LogP contribution >= 0.6 is 23.2 Å². The van der Waals surface area contributed by atoms with Crippen LogP contribution in [0.25, 0.3) is 0 Å². The first-order valence-corrected chi connectivity index (χ1v) is 12.5. The third-order valence-electron chi connectivity index (χ3n) is 5.75. The van der Waals surface area contributed by atoms with Crippen LogP contribution in [0.5, 0.6) is 0 Å². The Balaban J connectivity index is 1.98. The van der Waals surface area contributed by atoms with Crippen molar-refractivity contribution in [1.82, 2.24) is 0 Å². The minimum Gasteiger partial charge on any atom is -0.325 e. The van der Waals surface area contributed by atoms with Crippen LogP contribution in [0.1, 0.15) is 102 Å². The Hall–Kier alpha value is -0.240. The van der Waals surface area contributed by atoms with Crippen molar-refractivity contribution in [1.29, 1.82) is 0 Å². The molecule has 1 nitrogen and oxygen atoms in total. The van der Waals surface area contributed by atoms with Gasteiger partial charge >= 0.3 is 0 Å². The molecule has 1 aromatic rings. The van der Waals surface area contributed by atoms with Crippen molar-refractivity contribution in [2.75, 3.05) is 20.6 Å². The number of hydrogen-bond donors (Lipinski definition) is 0. The second kappa shape index (κ2) is 15.6. The van der Waals surface area contributed by atoms with Gasteiger partial charge in [-0.1, -0.05) is 119 Å². The van der Waals surface area contributed by atoms with Crippen molar-refractivity contribution >= 4 is 23.2 Å². The summed E-state index contributed by atoms with van der Waals surface area (Å²) >= 11 is 12.5. The van der Waals surface area contributed by atoms with E-state index in [1.807, 2.05) is 12.1 Å². The van der Waals surface area contributed by atoms with Crippen molar-refractivity contribution < 1.29 is 4.48 Å². The fourth-order valence-corrected chi connectivity index (χ4v) is 4.33. The van der Waals surface area contributed by atoms with E-state index in [2.05, 4.69) is 27.1 Å². The van der Waals surface area contributed by atoms with E-state index in [4.69, 9.17) is 23.2 Å². The second-order valence-corrected chi connectivity index (χ2v) is 9.91. The van der Waals surface area contributed by atoms with Crippen molar-refractivity contribution in [3.63, 3.8) is 0 Å². The quantitative estimate of drug-likeness (QED) is 0.171. The predicted molar refractivity (Wildman–Crippen MR) is 127 cm³/mol. The van der Waals surface area contributed by atoms with E-state index in [-0.39, 0.29) is 0 Å². The Labute approximate surface area is 185 Å². The number of halogens is 2. The third-order valence-corrected chi connectivity index (χ3v) is 6.60. The van der Waals surface area contributed by atoms with E-state index >= 15 is 0 Å². The highest BCUT2D eigenvalue weighted by molar-refractivity contribution is 6.42. The van der Waals surface area contributed by atoms with Crippen molar-refractivity contribution in [3.05, 3.63) is 33.8 Å². The summed E-state index contributed by atoms with van der Waals surface area (Å²) < 4.78 is 0.971. The van der Waals surface area contributed by atoms with Gasteiger partial charge in [0.2, 0.25) is 0 Å². The third kappa shape index (κ3) is 12.3. The molecule has 0 heterocycles. The highest BCUT2D eigenvalue weighted by Gasteiger charge is 2.18. The first-order valence-electron chi connectivity index (χ1n) is 11.7. The predicted octanol–water partition coefficient (Wildman–Crippen LogP) is 9.05. The first kappa shape index (κ1) is 25.8. The Morgan fingerprint density at radius 3 is 1.64 bits per heavy atom. The van der Waals surface area contributed by atoms with Gasteiger partial charge in [-0.25, -0.2) is 0 Å². The minimum atomic E-state index is 0.663. The molecule has 0 aliphatic heterocycles. The molecule has 0 saturated carbocycles. The summed E-state index contributed by atoms with van der Waals surface area (Å²) in [6, 6.07) is 5.95. The van der Waals surface area contributed by atoms with Crippen LogP contribution in [0, 0.1) is 0 Å². The molecule has 162 valence electrons. The van der Waals surface area contributed by atoms with Crippen LogP contribution in [-0.4, -0.2) is 25.1 Å². The zero-order valence-electron chi connectivity index (χ0n) is 18.7. The van der Waals surface area contributed by atoms with Crippen LogP contribution in [0.2, 0.25) is 10.0 Å². The van der Waals surface area contributed by atoms with E-state index in [9.17, 15) is 0 Å². The minimum absolute atomic E-state index is 0.663. The smallest absolute Gasteiger partial charge is 0.105 e. The first-order chi connectivity index (χ1) is 13.5. The number of benzene rings is 1. The molecule has 0 aliphatic rings. The molecule has 0 saturated heterocycles. The Morgan fingerprint density at radius 2 is 1.14 bits per heavy atom. The molecular formula is C25H44Cl2N+. The van der Waals surface area contributed by atoms with Crippen molar-refractivity contribution in [3.8, 4) is 0 Å². The molecule has 3 heteroatoms. The molecule has 1 rings (SSSR count). The van der Waals surface area contributed by atoms with Gasteiger partial charge in [0.05, 0.1) is 30.7 Å². The Kier molecular flexibility index (Phi) is 14.4. The van der Waals surface area contributed by atoms with Gasteiger partial charge in [-0.05, 0) is 18.9 Å². The maximum Gasteiger partial charge on any atom is 0.105 e. The topological polar surface area (TPSA) is 0 Å². The molecule has 1 aromatic carbocycles. The van der Waals surface area contributed by atoms with Gasteiger partial charge in [0.1, 0.15) is 6.54 Å². The summed E-state index contributed by atoms with van der Waals surface area (Å²) in [5, 5.41) is 1.38. The van der Waals surface area contributed by atoms with E-state index in [1.165, 1.54) is 96.4 Å². The second-order valence-electron chi connectivity index (χ2n) is 9.13. The lowest BCUT2D eigenvalue weighted by Crippen LogP contribution is -2.39.